The summed E-state index contributed by atoms with van der Waals surface area (Å²) in [5, 5.41) is 0. The lowest BCUT2D eigenvalue weighted by Crippen LogP contribution is -1.95. The van der Waals surface area contributed by atoms with Crippen LogP contribution in [0.25, 0.3) is 0 Å². The summed E-state index contributed by atoms with van der Waals surface area (Å²) in [6.45, 7) is 4.33. The van der Waals surface area contributed by atoms with Gasteiger partial charge in [0.25, 0.3) is 0 Å². The fraction of sp³-hybridized carbons (Fsp3) is 0.455. The maximum Gasteiger partial charge on any atom is 0.157 e. The molecule has 1 aromatic rings. The first-order valence-electron chi connectivity index (χ1n) is 4.79. The highest BCUT2D eigenvalue weighted by atomic mass is 32.2. The zero-order chi connectivity index (χ0) is 10.6. The highest BCUT2D eigenvalue weighted by Crippen LogP contribution is 2.18. The Labute approximate surface area is 87.6 Å². The van der Waals surface area contributed by atoms with Crippen LogP contribution in [-0.4, -0.2) is 8.76 Å². The molecule has 1 aromatic carbocycles. The van der Waals surface area contributed by atoms with Gasteiger partial charge in [-0.25, -0.2) is 4.21 Å². The second-order valence-corrected chi connectivity index (χ2v) is 4.45. The number of hydrogen-bond donors (Lipinski definition) is 1. The van der Waals surface area contributed by atoms with E-state index in [1.807, 2.05) is 24.3 Å². The Morgan fingerprint density at radius 1 is 1.36 bits per heavy atom. The summed E-state index contributed by atoms with van der Waals surface area (Å²) in [5.74, 6) is 0.782. The van der Waals surface area contributed by atoms with Crippen molar-refractivity contribution in [1.29, 1.82) is 0 Å². The molecule has 0 saturated heterocycles. The molecule has 0 aliphatic heterocycles. The third-order valence-electron chi connectivity index (χ3n) is 2.45. The molecule has 2 atom stereocenters. The van der Waals surface area contributed by atoms with Gasteiger partial charge < -0.3 is 4.55 Å². The molecule has 0 aliphatic rings. The highest BCUT2D eigenvalue weighted by molar-refractivity contribution is 7.78. The van der Waals surface area contributed by atoms with E-state index in [1.54, 1.807) is 0 Å². The molecule has 0 radical (unpaired) electrons. The van der Waals surface area contributed by atoms with Crippen LogP contribution in [0.15, 0.2) is 24.3 Å². The van der Waals surface area contributed by atoms with E-state index in [9.17, 15) is 4.21 Å². The van der Waals surface area contributed by atoms with Gasteiger partial charge in [-0.2, -0.15) is 0 Å². The smallest absolute Gasteiger partial charge is 0.157 e. The van der Waals surface area contributed by atoms with E-state index in [0.717, 1.165) is 12.0 Å². The van der Waals surface area contributed by atoms with Gasteiger partial charge in [0.05, 0.1) is 5.75 Å². The predicted octanol–water partition coefficient (Wildman–Crippen LogP) is 2.92. The maximum atomic E-state index is 10.6. The first-order valence-corrected chi connectivity index (χ1v) is 6.07. The van der Waals surface area contributed by atoms with Gasteiger partial charge in [-0.3, -0.25) is 0 Å². The monoisotopic (exact) mass is 212 g/mol. The fourth-order valence-corrected chi connectivity index (χ4v) is 1.80. The van der Waals surface area contributed by atoms with Crippen LogP contribution in [0.4, 0.5) is 0 Å². The van der Waals surface area contributed by atoms with Crippen molar-refractivity contribution in [2.75, 3.05) is 0 Å². The normalized spacial score (nSPS) is 15.1. The molecule has 0 spiro atoms. The molecular formula is C11H16O2S. The van der Waals surface area contributed by atoms with Crippen LogP contribution >= 0.6 is 0 Å². The van der Waals surface area contributed by atoms with Crippen LogP contribution in [0, 0.1) is 0 Å². The molecule has 14 heavy (non-hydrogen) atoms. The van der Waals surface area contributed by atoms with Crippen LogP contribution in [0.2, 0.25) is 0 Å². The standard InChI is InChI=1S/C11H16O2S/c1-3-9(2)11-6-4-10(5-7-11)8-14(12)13/h4-7,9H,3,8H2,1-2H3,(H,12,13). The average molecular weight is 212 g/mol. The van der Waals surface area contributed by atoms with Crippen LogP contribution < -0.4 is 0 Å². The van der Waals surface area contributed by atoms with E-state index in [4.69, 9.17) is 4.55 Å². The van der Waals surface area contributed by atoms with Gasteiger partial charge >= 0.3 is 0 Å². The van der Waals surface area contributed by atoms with E-state index < -0.39 is 11.1 Å². The van der Waals surface area contributed by atoms with E-state index in [1.165, 1.54) is 5.56 Å². The second kappa shape index (κ2) is 5.27. The van der Waals surface area contributed by atoms with Gasteiger partial charge in [-0.15, -0.1) is 0 Å². The Balaban J connectivity index is 2.73. The van der Waals surface area contributed by atoms with E-state index in [0.29, 0.717) is 5.92 Å². The van der Waals surface area contributed by atoms with Crippen molar-refractivity contribution >= 4 is 11.1 Å². The van der Waals surface area contributed by atoms with Gasteiger partial charge in [0.2, 0.25) is 0 Å². The number of rotatable bonds is 4. The van der Waals surface area contributed by atoms with Gasteiger partial charge in [-0.1, -0.05) is 38.1 Å². The molecule has 2 nitrogen and oxygen atoms in total. The molecule has 1 rings (SSSR count). The first-order chi connectivity index (χ1) is 6.63. The molecule has 0 fully saturated rings. The Morgan fingerprint density at radius 2 is 1.93 bits per heavy atom. The SMILES string of the molecule is CCC(C)c1ccc(CS(=O)O)cc1. The van der Waals surface area contributed by atoms with Crippen molar-refractivity contribution in [1.82, 2.24) is 0 Å². The fourth-order valence-electron chi connectivity index (χ4n) is 1.32. The Bertz CT molecular complexity index is 306. The van der Waals surface area contributed by atoms with Crippen molar-refractivity contribution in [3.8, 4) is 0 Å². The van der Waals surface area contributed by atoms with Crippen molar-refractivity contribution < 1.29 is 8.76 Å². The minimum absolute atomic E-state index is 0.223. The topological polar surface area (TPSA) is 37.3 Å². The minimum atomic E-state index is -1.74. The van der Waals surface area contributed by atoms with Crippen molar-refractivity contribution in [2.24, 2.45) is 0 Å². The van der Waals surface area contributed by atoms with Crippen molar-refractivity contribution in [2.45, 2.75) is 31.9 Å². The summed E-state index contributed by atoms with van der Waals surface area (Å²) < 4.78 is 19.3. The van der Waals surface area contributed by atoms with E-state index >= 15 is 0 Å². The molecule has 0 heterocycles. The van der Waals surface area contributed by atoms with Crippen LogP contribution in [0.1, 0.15) is 37.3 Å². The van der Waals surface area contributed by atoms with Gasteiger partial charge in [-0.05, 0) is 23.5 Å². The van der Waals surface area contributed by atoms with Crippen LogP contribution in [-0.2, 0) is 16.8 Å². The zero-order valence-electron chi connectivity index (χ0n) is 8.56. The molecule has 1 N–H and O–H groups in total. The Hall–Kier alpha value is -0.670. The number of hydrogen-bond acceptors (Lipinski definition) is 1. The van der Waals surface area contributed by atoms with Crippen molar-refractivity contribution in [3.63, 3.8) is 0 Å². The second-order valence-electron chi connectivity index (χ2n) is 3.52. The summed E-state index contributed by atoms with van der Waals surface area (Å²) in [6.07, 6.45) is 1.12. The lowest BCUT2D eigenvalue weighted by atomic mass is 9.98. The zero-order valence-corrected chi connectivity index (χ0v) is 9.38. The predicted molar refractivity (Wildman–Crippen MR) is 59.6 cm³/mol. The quantitative estimate of drug-likeness (QED) is 0.779. The summed E-state index contributed by atoms with van der Waals surface area (Å²) in [7, 11) is 0. The average Bonchev–Trinajstić information content (AvgIpc) is 2.17. The van der Waals surface area contributed by atoms with Gasteiger partial charge in [0.15, 0.2) is 11.1 Å². The number of benzene rings is 1. The van der Waals surface area contributed by atoms with E-state index in [2.05, 4.69) is 13.8 Å². The van der Waals surface area contributed by atoms with Gasteiger partial charge in [0.1, 0.15) is 0 Å². The Morgan fingerprint density at radius 3 is 2.36 bits per heavy atom. The third kappa shape index (κ3) is 3.24. The summed E-state index contributed by atoms with van der Waals surface area (Å²) in [6, 6.07) is 7.93. The minimum Gasteiger partial charge on any atom is -0.306 e. The molecule has 2 unspecified atom stereocenters. The largest absolute Gasteiger partial charge is 0.306 e. The third-order valence-corrected chi connectivity index (χ3v) is 3.03. The summed E-state index contributed by atoms with van der Waals surface area (Å²) in [5.41, 5.74) is 2.21. The maximum absolute atomic E-state index is 10.6. The molecule has 0 bridgehead atoms. The van der Waals surface area contributed by atoms with Crippen molar-refractivity contribution in [3.05, 3.63) is 35.4 Å². The van der Waals surface area contributed by atoms with Gasteiger partial charge in [0, 0.05) is 0 Å². The van der Waals surface area contributed by atoms with E-state index in [-0.39, 0.29) is 5.75 Å². The molecule has 0 amide bonds. The highest BCUT2D eigenvalue weighted by Gasteiger charge is 2.03. The lowest BCUT2D eigenvalue weighted by molar-refractivity contribution is 0.563. The molecule has 78 valence electrons. The molecule has 0 saturated carbocycles. The summed E-state index contributed by atoms with van der Waals surface area (Å²) in [4.78, 5) is 0. The Kier molecular flexibility index (Phi) is 4.29. The lowest BCUT2D eigenvalue weighted by Gasteiger charge is -2.08. The van der Waals surface area contributed by atoms with Crippen LogP contribution in [0.5, 0.6) is 0 Å². The molecular weight excluding hydrogens is 196 g/mol. The molecule has 0 aromatic heterocycles. The summed E-state index contributed by atoms with van der Waals surface area (Å²) >= 11 is -1.74. The molecule has 3 heteroatoms. The van der Waals surface area contributed by atoms with Crippen LogP contribution in [0.3, 0.4) is 0 Å². The first kappa shape index (κ1) is 11.4. The molecule has 0 aliphatic carbocycles.